The number of nitrogens with one attached hydrogen (secondary N) is 2. The van der Waals surface area contributed by atoms with Gasteiger partial charge in [0.05, 0.1) is 4.90 Å². The number of amides is 3. The number of carbonyl (C=O) groups excluding carboxylic acids is 2. The Bertz CT molecular complexity index is 1810. The Morgan fingerprint density at radius 3 is 2.18 bits per heavy atom. The zero-order valence-corrected chi connectivity index (χ0v) is 28.5. The lowest BCUT2D eigenvalue weighted by atomic mass is 10.1. The fourth-order valence-electron chi connectivity index (χ4n) is 6.49. The van der Waals surface area contributed by atoms with Crippen molar-refractivity contribution >= 4 is 27.6 Å². The Hall–Kier alpha value is -4.71. The zero-order valence-electron chi connectivity index (χ0n) is 27.7. The lowest BCUT2D eigenvalue weighted by Crippen LogP contribution is -2.62. The predicted molar refractivity (Wildman–Crippen MR) is 191 cm³/mol. The third-order valence-electron chi connectivity index (χ3n) is 9.26. The lowest BCUT2D eigenvalue weighted by molar-refractivity contribution is -0.126. The molecule has 4 aromatic carbocycles. The highest BCUT2D eigenvalue weighted by molar-refractivity contribution is 7.89. The molecule has 2 heterocycles. The van der Waals surface area contributed by atoms with Crippen LogP contribution in [0.15, 0.2) is 114 Å². The second kappa shape index (κ2) is 15.7. The predicted octanol–water partition coefficient (Wildman–Crippen LogP) is 5.44. The van der Waals surface area contributed by atoms with Crippen molar-refractivity contribution in [1.29, 1.82) is 0 Å². The molecule has 0 bridgehead atoms. The molecule has 0 saturated carbocycles. The third-order valence-corrected chi connectivity index (χ3v) is 11.2. The van der Waals surface area contributed by atoms with Crippen molar-refractivity contribution < 1.29 is 22.7 Å². The number of piperazine rings is 1. The molecular formula is C38H43N5O5S. The Morgan fingerprint density at radius 1 is 0.816 bits per heavy atom. The molecule has 2 atom stereocenters. The summed E-state index contributed by atoms with van der Waals surface area (Å²) in [7, 11) is -4.06. The van der Waals surface area contributed by atoms with Crippen molar-refractivity contribution in [2.24, 2.45) is 0 Å². The molecular weight excluding hydrogens is 639 g/mol. The summed E-state index contributed by atoms with van der Waals surface area (Å²) < 4.78 is 35.2. The van der Waals surface area contributed by atoms with E-state index in [1.807, 2.05) is 60.7 Å². The molecule has 3 amide bonds. The number of hydrogen-bond donors (Lipinski definition) is 2. The number of urea groups is 1. The largest absolute Gasteiger partial charge is 0.489 e. The number of carbonyl (C=O) groups is 2. The van der Waals surface area contributed by atoms with E-state index in [1.165, 1.54) is 9.21 Å². The van der Waals surface area contributed by atoms with Gasteiger partial charge in [0, 0.05) is 37.9 Å². The molecule has 2 aliphatic heterocycles. The van der Waals surface area contributed by atoms with Crippen LogP contribution >= 0.6 is 0 Å². The Balaban J connectivity index is 1.15. The maximum absolute atomic E-state index is 14.1. The van der Waals surface area contributed by atoms with Gasteiger partial charge in [0.2, 0.25) is 15.9 Å². The van der Waals surface area contributed by atoms with Gasteiger partial charge in [-0.2, -0.15) is 4.31 Å². The van der Waals surface area contributed by atoms with Gasteiger partial charge < -0.3 is 20.3 Å². The van der Waals surface area contributed by atoms with Crippen molar-refractivity contribution in [3.63, 3.8) is 0 Å². The molecule has 11 heteroatoms. The quantitative estimate of drug-likeness (QED) is 0.218. The molecule has 6 rings (SSSR count). The highest BCUT2D eigenvalue weighted by atomic mass is 32.2. The molecule has 2 aliphatic rings. The molecule has 0 aromatic heterocycles. The SMILES string of the molecule is CCN1CCC[C@@H]1CNC(=O)[C@H]1CN(C(=O)Nc2ccc(OCc3ccccc3)cc2)CCN1S(=O)(=O)c1ccc(-c2ccccc2)cc1. The summed E-state index contributed by atoms with van der Waals surface area (Å²) in [5.41, 5.74) is 3.48. The van der Waals surface area contributed by atoms with Gasteiger partial charge >= 0.3 is 6.03 Å². The van der Waals surface area contributed by atoms with Crippen LogP contribution in [0, 0.1) is 0 Å². The van der Waals surface area contributed by atoms with E-state index < -0.39 is 28.0 Å². The minimum Gasteiger partial charge on any atom is -0.489 e. The van der Waals surface area contributed by atoms with Gasteiger partial charge in [-0.05, 0) is 79.0 Å². The molecule has 0 spiro atoms. The van der Waals surface area contributed by atoms with Crippen LogP contribution in [0.3, 0.4) is 0 Å². The van der Waals surface area contributed by atoms with Crippen molar-refractivity contribution in [2.75, 3.05) is 44.6 Å². The number of benzene rings is 4. The van der Waals surface area contributed by atoms with Crippen LogP contribution < -0.4 is 15.4 Å². The van der Waals surface area contributed by atoms with E-state index in [-0.39, 0.29) is 30.6 Å². The number of sulfonamides is 1. The van der Waals surface area contributed by atoms with Crippen molar-refractivity contribution in [3.05, 3.63) is 115 Å². The topological polar surface area (TPSA) is 111 Å². The third kappa shape index (κ3) is 8.30. The second-order valence-electron chi connectivity index (χ2n) is 12.4. The van der Waals surface area contributed by atoms with Gasteiger partial charge in [0.15, 0.2) is 0 Å². The summed E-state index contributed by atoms with van der Waals surface area (Å²) in [5.74, 6) is 0.253. The average molecular weight is 682 g/mol. The van der Waals surface area contributed by atoms with Gasteiger partial charge in [-0.15, -0.1) is 0 Å². The molecule has 49 heavy (non-hydrogen) atoms. The van der Waals surface area contributed by atoms with Crippen LogP contribution in [-0.4, -0.2) is 85.8 Å². The molecule has 0 unspecified atom stereocenters. The number of nitrogens with zero attached hydrogens (tertiary/aromatic N) is 3. The van der Waals surface area contributed by atoms with Gasteiger partial charge in [0.25, 0.3) is 0 Å². The van der Waals surface area contributed by atoms with Gasteiger partial charge in [-0.25, -0.2) is 13.2 Å². The molecule has 0 aliphatic carbocycles. The van der Waals surface area contributed by atoms with Crippen LogP contribution in [0.2, 0.25) is 0 Å². The molecule has 4 aromatic rings. The van der Waals surface area contributed by atoms with E-state index in [0.29, 0.717) is 24.6 Å². The maximum atomic E-state index is 14.1. The van der Waals surface area contributed by atoms with E-state index in [2.05, 4.69) is 22.5 Å². The molecule has 2 fully saturated rings. The fraction of sp³-hybridized carbons (Fsp3) is 0.316. The number of ether oxygens (including phenoxy) is 1. The van der Waals surface area contributed by atoms with Crippen molar-refractivity contribution in [3.8, 4) is 16.9 Å². The summed E-state index contributed by atoms with van der Waals surface area (Å²) in [5, 5.41) is 5.92. The first-order valence-corrected chi connectivity index (χ1v) is 18.3. The number of likely N-dealkylation sites (tertiary alicyclic amines) is 1. The monoisotopic (exact) mass is 681 g/mol. The van der Waals surface area contributed by atoms with Crippen molar-refractivity contribution in [2.45, 2.75) is 43.4 Å². The fourth-order valence-corrected chi connectivity index (χ4v) is 8.06. The lowest BCUT2D eigenvalue weighted by Gasteiger charge is -2.39. The Labute approximate surface area is 288 Å². The highest BCUT2D eigenvalue weighted by Gasteiger charge is 2.41. The maximum Gasteiger partial charge on any atom is 0.321 e. The summed E-state index contributed by atoms with van der Waals surface area (Å²) in [6.45, 7) is 4.84. The van der Waals surface area contributed by atoms with E-state index in [0.717, 1.165) is 42.6 Å². The summed E-state index contributed by atoms with van der Waals surface area (Å²) in [6, 6.07) is 32.1. The van der Waals surface area contributed by atoms with Crippen LogP contribution in [0.5, 0.6) is 5.75 Å². The smallest absolute Gasteiger partial charge is 0.321 e. The van der Waals surface area contributed by atoms with Gasteiger partial charge in [-0.1, -0.05) is 79.7 Å². The number of rotatable bonds is 11. The normalized spacial score (nSPS) is 18.6. The second-order valence-corrected chi connectivity index (χ2v) is 14.3. The van der Waals surface area contributed by atoms with Gasteiger partial charge in [0.1, 0.15) is 18.4 Å². The van der Waals surface area contributed by atoms with Crippen LogP contribution in [0.25, 0.3) is 11.1 Å². The Morgan fingerprint density at radius 2 is 1.49 bits per heavy atom. The number of likely N-dealkylation sites (N-methyl/N-ethyl adjacent to an activating group) is 1. The first kappa shape index (κ1) is 34.2. The minimum absolute atomic E-state index is 0.0228. The zero-order chi connectivity index (χ0) is 34.2. The molecule has 10 nitrogen and oxygen atoms in total. The summed E-state index contributed by atoms with van der Waals surface area (Å²) in [4.78, 5) is 31.2. The average Bonchev–Trinajstić information content (AvgIpc) is 3.62. The van der Waals surface area contributed by atoms with Crippen LogP contribution in [-0.2, 0) is 21.4 Å². The van der Waals surface area contributed by atoms with Crippen LogP contribution in [0.4, 0.5) is 10.5 Å². The number of anilines is 1. The van der Waals surface area contributed by atoms with Crippen LogP contribution in [0.1, 0.15) is 25.3 Å². The van der Waals surface area contributed by atoms with Gasteiger partial charge in [-0.3, -0.25) is 9.69 Å². The summed E-state index contributed by atoms with van der Waals surface area (Å²) in [6.07, 6.45) is 2.03. The first-order chi connectivity index (χ1) is 23.8. The molecule has 2 saturated heterocycles. The van der Waals surface area contributed by atoms with Crippen molar-refractivity contribution in [1.82, 2.24) is 19.4 Å². The highest BCUT2D eigenvalue weighted by Crippen LogP contribution is 2.26. The van der Waals surface area contributed by atoms with E-state index in [9.17, 15) is 18.0 Å². The molecule has 256 valence electrons. The molecule has 0 radical (unpaired) electrons. The standard InChI is InChI=1S/C38H43N5O5S/c1-2-41-23-9-14-33(41)26-39-37(44)36-27-42(38(45)40-32-17-19-34(20-18-32)48-28-29-10-5-3-6-11-29)24-25-43(36)49(46,47)35-21-15-31(16-22-35)30-12-7-4-8-13-30/h3-8,10-13,15-22,33,36H,2,9,14,23-28H2,1H3,(H,39,44)(H,40,45)/t33-,36-/m1/s1. The van der Waals surface area contributed by atoms with E-state index in [1.54, 1.807) is 48.5 Å². The van der Waals surface area contributed by atoms with E-state index >= 15 is 0 Å². The van der Waals surface area contributed by atoms with E-state index in [4.69, 9.17) is 4.74 Å². The molecule has 2 N–H and O–H groups in total. The first-order valence-electron chi connectivity index (χ1n) is 16.8. The summed E-state index contributed by atoms with van der Waals surface area (Å²) >= 11 is 0. The minimum atomic E-state index is -4.06. The Kier molecular flexibility index (Phi) is 10.9. The number of hydrogen-bond acceptors (Lipinski definition) is 6.